The molecule has 12 heteroatoms. The molecule has 35 heavy (non-hydrogen) atoms. The van der Waals surface area contributed by atoms with Gasteiger partial charge in [-0.15, -0.1) is 0 Å². The van der Waals surface area contributed by atoms with Crippen molar-refractivity contribution in [1.82, 2.24) is 5.32 Å². The number of nitrogens with two attached hydrogens (primary N) is 3. The predicted octanol–water partition coefficient (Wildman–Crippen LogP) is 0.584. The first-order valence-electron chi connectivity index (χ1n) is 10.7. The van der Waals surface area contributed by atoms with Crippen LogP contribution in [0.4, 0.5) is 5.69 Å². The van der Waals surface area contributed by atoms with Gasteiger partial charge in [-0.25, -0.2) is 14.6 Å². The van der Waals surface area contributed by atoms with Crippen molar-refractivity contribution >= 4 is 35.4 Å². The molecule has 3 rings (SSSR count). The van der Waals surface area contributed by atoms with Crippen LogP contribution in [-0.2, 0) is 16.0 Å². The number of ether oxygens (including phenoxy) is 2. The molecular weight excluding hydrogens is 458 g/mol. The van der Waals surface area contributed by atoms with Gasteiger partial charge in [0, 0.05) is 6.42 Å². The van der Waals surface area contributed by atoms with Gasteiger partial charge in [-0.05, 0) is 55.2 Å². The van der Waals surface area contributed by atoms with Gasteiger partial charge in [0.05, 0.1) is 23.4 Å². The average Bonchev–Trinajstić information content (AvgIpc) is 2.79. The van der Waals surface area contributed by atoms with Crippen molar-refractivity contribution < 1.29 is 33.8 Å². The molecule has 1 aliphatic heterocycles. The Morgan fingerprint density at radius 2 is 1.91 bits per heavy atom. The number of nitrogens with zero attached hydrogens (tertiary/aromatic N) is 1. The Hall–Kier alpha value is -4.61. The molecule has 2 aromatic carbocycles. The van der Waals surface area contributed by atoms with Crippen molar-refractivity contribution in [3.05, 3.63) is 53.1 Å². The fourth-order valence-electron chi connectivity index (χ4n) is 3.50. The fraction of sp³-hybridized carbons (Fsp3) is 0.261. The lowest BCUT2D eigenvalue weighted by atomic mass is 10.0. The second kappa shape index (κ2) is 11.0. The van der Waals surface area contributed by atoms with Crippen molar-refractivity contribution in [1.29, 1.82) is 0 Å². The number of hydrogen-bond donors (Lipinski definition) is 5. The number of esters is 1. The quantitative estimate of drug-likeness (QED) is 0.161. The monoisotopic (exact) mass is 483 g/mol. The summed E-state index contributed by atoms with van der Waals surface area (Å²) in [5.41, 5.74) is 17.4. The van der Waals surface area contributed by atoms with Crippen LogP contribution in [0.15, 0.2) is 41.4 Å². The van der Waals surface area contributed by atoms with Gasteiger partial charge < -0.3 is 37.1 Å². The minimum Gasteiger partial charge on any atom is -0.489 e. The van der Waals surface area contributed by atoms with Gasteiger partial charge in [0.2, 0.25) is 5.91 Å². The number of nitrogens with one attached hydrogen (secondary N) is 1. The highest BCUT2D eigenvalue weighted by Gasteiger charge is 2.26. The number of aryl methyl sites for hydroxylation is 1. The van der Waals surface area contributed by atoms with Crippen LogP contribution in [0.1, 0.15) is 45.5 Å². The lowest BCUT2D eigenvalue weighted by Crippen LogP contribution is -2.41. The smallest absolute Gasteiger partial charge is 0.343 e. The van der Waals surface area contributed by atoms with E-state index in [1.165, 1.54) is 18.2 Å². The molecule has 0 fully saturated rings. The highest BCUT2D eigenvalue weighted by molar-refractivity contribution is 6.00. The lowest BCUT2D eigenvalue weighted by Gasteiger charge is -2.19. The van der Waals surface area contributed by atoms with E-state index >= 15 is 0 Å². The normalized spacial score (nSPS) is 13.7. The first-order valence-corrected chi connectivity index (χ1v) is 10.7. The molecule has 1 atom stereocenters. The fourth-order valence-corrected chi connectivity index (χ4v) is 3.50. The largest absolute Gasteiger partial charge is 0.489 e. The van der Waals surface area contributed by atoms with Crippen LogP contribution in [0, 0.1) is 0 Å². The van der Waals surface area contributed by atoms with Gasteiger partial charge in [-0.3, -0.25) is 9.59 Å². The molecule has 0 unspecified atom stereocenters. The Morgan fingerprint density at radius 1 is 1.14 bits per heavy atom. The number of carboxylic acids is 1. The van der Waals surface area contributed by atoms with Crippen LogP contribution >= 0.6 is 0 Å². The van der Waals surface area contributed by atoms with Crippen LogP contribution < -0.4 is 32.0 Å². The van der Waals surface area contributed by atoms with Crippen LogP contribution in [0.2, 0.25) is 0 Å². The number of carbonyl (C=O) groups excluding carboxylic acids is 3. The highest BCUT2D eigenvalue weighted by atomic mass is 16.6. The number of aliphatic carboxylic acids is 1. The van der Waals surface area contributed by atoms with Crippen molar-refractivity contribution in [2.75, 3.05) is 6.61 Å². The summed E-state index contributed by atoms with van der Waals surface area (Å²) in [6, 6.07) is 7.80. The number of hydrogen-bond acceptors (Lipinski definition) is 7. The molecule has 2 amide bonds. The Bertz CT molecular complexity index is 1190. The van der Waals surface area contributed by atoms with E-state index in [1.54, 1.807) is 18.2 Å². The summed E-state index contributed by atoms with van der Waals surface area (Å²) >= 11 is 0. The molecule has 8 N–H and O–H groups in total. The highest BCUT2D eigenvalue weighted by Crippen LogP contribution is 2.34. The summed E-state index contributed by atoms with van der Waals surface area (Å²) in [6.07, 6.45) is 0.524. The summed E-state index contributed by atoms with van der Waals surface area (Å²) in [6.45, 7) is 0.171. The van der Waals surface area contributed by atoms with Crippen molar-refractivity contribution in [2.24, 2.45) is 22.2 Å². The predicted molar refractivity (Wildman–Crippen MR) is 124 cm³/mol. The van der Waals surface area contributed by atoms with E-state index in [0.29, 0.717) is 29.7 Å². The van der Waals surface area contributed by atoms with Crippen molar-refractivity contribution in [3.8, 4) is 11.5 Å². The van der Waals surface area contributed by atoms with E-state index < -0.39 is 29.8 Å². The van der Waals surface area contributed by atoms with Gasteiger partial charge in [0.1, 0.15) is 6.04 Å². The molecule has 1 heterocycles. The number of primary amides is 1. The first kappa shape index (κ1) is 25.0. The molecule has 184 valence electrons. The van der Waals surface area contributed by atoms with E-state index in [2.05, 4.69) is 10.3 Å². The zero-order valence-corrected chi connectivity index (χ0v) is 18.7. The summed E-state index contributed by atoms with van der Waals surface area (Å²) < 4.78 is 11.3. The van der Waals surface area contributed by atoms with Gasteiger partial charge in [-0.1, -0.05) is 6.07 Å². The zero-order chi connectivity index (χ0) is 25.5. The van der Waals surface area contributed by atoms with Crippen LogP contribution in [0.25, 0.3) is 0 Å². The average molecular weight is 483 g/mol. The molecular formula is C23H25N5O7. The maximum Gasteiger partial charge on any atom is 0.343 e. The number of benzene rings is 2. The Kier molecular flexibility index (Phi) is 7.87. The third-order valence-electron chi connectivity index (χ3n) is 5.11. The summed E-state index contributed by atoms with van der Waals surface area (Å²) in [4.78, 5) is 52.3. The Labute approximate surface area is 200 Å². The number of fused-ring (bicyclic) bond motifs is 2. The summed E-state index contributed by atoms with van der Waals surface area (Å²) in [7, 11) is 0. The van der Waals surface area contributed by atoms with Crippen LogP contribution in [0.5, 0.6) is 11.5 Å². The molecule has 0 saturated heterocycles. The number of amides is 2. The summed E-state index contributed by atoms with van der Waals surface area (Å²) in [5.74, 6) is -3.58. The second-order valence-electron chi connectivity index (χ2n) is 7.72. The van der Waals surface area contributed by atoms with Crippen LogP contribution in [0.3, 0.4) is 0 Å². The minimum absolute atomic E-state index is 0.00188. The Morgan fingerprint density at radius 3 is 2.60 bits per heavy atom. The molecule has 12 nitrogen and oxygen atoms in total. The number of guanidine groups is 1. The maximum atomic E-state index is 12.9. The van der Waals surface area contributed by atoms with E-state index in [9.17, 15) is 24.3 Å². The lowest BCUT2D eigenvalue weighted by molar-refractivity contribution is -0.139. The maximum absolute atomic E-state index is 12.9. The topological polar surface area (TPSA) is 209 Å². The molecule has 1 aliphatic rings. The number of carboxylic acid groups (broad SMARTS) is 1. The Balaban J connectivity index is 1.90. The zero-order valence-electron chi connectivity index (χ0n) is 18.7. The molecule has 0 aromatic heterocycles. The van der Waals surface area contributed by atoms with E-state index in [0.717, 1.165) is 0 Å². The van der Waals surface area contributed by atoms with E-state index in [-0.39, 0.29) is 42.5 Å². The number of aliphatic imine (C=N–C) groups is 1. The molecule has 0 bridgehead atoms. The third-order valence-corrected chi connectivity index (χ3v) is 5.11. The second-order valence-corrected chi connectivity index (χ2v) is 7.72. The standard InChI is InChI=1S/C23H25N5O7/c24-18(29)9-8-16(21(31)32)28-20(30)15-4-1-5-17-19(15)34-10-2-3-12-11-13(27-23(25)26)6-7-14(12)22(33)35-17/h1,4-7,11,16H,2-3,8-10H2,(H2,24,29)(H,28,30)(H,31,32)(H4,25,26,27)/t16-/m0/s1. The van der Waals surface area contributed by atoms with Gasteiger partial charge in [0.15, 0.2) is 17.5 Å². The van der Waals surface area contributed by atoms with Gasteiger partial charge in [0.25, 0.3) is 5.91 Å². The number of para-hydroxylation sites is 1. The molecule has 0 spiro atoms. The van der Waals surface area contributed by atoms with Gasteiger partial charge in [-0.2, -0.15) is 0 Å². The van der Waals surface area contributed by atoms with Crippen molar-refractivity contribution in [3.63, 3.8) is 0 Å². The third kappa shape index (κ3) is 6.47. The summed E-state index contributed by atoms with van der Waals surface area (Å²) in [5, 5.41) is 11.7. The molecule has 2 aromatic rings. The first-order chi connectivity index (χ1) is 16.7. The number of rotatable bonds is 7. The van der Waals surface area contributed by atoms with E-state index in [1.807, 2.05) is 0 Å². The van der Waals surface area contributed by atoms with Crippen molar-refractivity contribution in [2.45, 2.75) is 31.7 Å². The molecule has 0 radical (unpaired) electrons. The van der Waals surface area contributed by atoms with Crippen LogP contribution in [-0.4, -0.2) is 47.5 Å². The van der Waals surface area contributed by atoms with E-state index in [4.69, 9.17) is 26.7 Å². The minimum atomic E-state index is -1.35. The molecule has 0 saturated carbocycles. The molecule has 0 aliphatic carbocycles. The van der Waals surface area contributed by atoms with Gasteiger partial charge >= 0.3 is 11.9 Å². The SMILES string of the molecule is NC(=O)CC[C@H](NC(=O)c1cccc2c1OCCCc1cc(N=C(N)N)ccc1C(=O)O2)C(=O)O. The number of carbonyl (C=O) groups is 4.